The molecule has 1 aliphatic carbocycles. The molecule has 3 N–H and O–H groups in total. The number of nitrogens with one attached hydrogen (secondary N) is 2. The summed E-state index contributed by atoms with van der Waals surface area (Å²) in [5.74, 6) is 0.274. The van der Waals surface area contributed by atoms with Crippen molar-refractivity contribution in [3.05, 3.63) is 75.1 Å². The maximum atomic E-state index is 13.3. The van der Waals surface area contributed by atoms with Crippen molar-refractivity contribution in [3.8, 4) is 5.75 Å². The lowest BCUT2D eigenvalue weighted by Crippen LogP contribution is -2.20. The van der Waals surface area contributed by atoms with Crippen LogP contribution in [0.1, 0.15) is 71.1 Å². The van der Waals surface area contributed by atoms with Crippen LogP contribution >= 0.6 is 0 Å². The summed E-state index contributed by atoms with van der Waals surface area (Å²) in [6, 6.07) is 11.5. The predicted molar refractivity (Wildman–Crippen MR) is 130 cm³/mol. The highest BCUT2D eigenvalue weighted by molar-refractivity contribution is 5.88. The van der Waals surface area contributed by atoms with E-state index >= 15 is 0 Å². The number of H-pyrrole nitrogens is 1. The number of phenols is 1. The van der Waals surface area contributed by atoms with Gasteiger partial charge >= 0.3 is 0 Å². The van der Waals surface area contributed by atoms with E-state index in [-0.39, 0.29) is 22.0 Å². The molecule has 0 amide bonds. The Morgan fingerprint density at radius 3 is 2.23 bits per heavy atom. The van der Waals surface area contributed by atoms with Gasteiger partial charge in [-0.2, -0.15) is 0 Å². The van der Waals surface area contributed by atoms with Crippen molar-refractivity contribution in [1.82, 2.24) is 4.98 Å². The lowest BCUT2D eigenvalue weighted by molar-refractivity contribution is 0.445. The fourth-order valence-corrected chi connectivity index (χ4v) is 4.06. The molecule has 4 nitrogen and oxygen atoms in total. The maximum Gasteiger partial charge on any atom is 0.198 e. The second kappa shape index (κ2) is 7.30. The van der Waals surface area contributed by atoms with Crippen LogP contribution in [-0.2, 0) is 10.8 Å². The zero-order valence-corrected chi connectivity index (χ0v) is 19.3. The van der Waals surface area contributed by atoms with Gasteiger partial charge in [-0.1, -0.05) is 53.7 Å². The van der Waals surface area contributed by atoms with E-state index < -0.39 is 0 Å². The molecule has 0 atom stereocenters. The molecule has 1 saturated carbocycles. The molecule has 1 fully saturated rings. The van der Waals surface area contributed by atoms with Crippen LogP contribution in [0.15, 0.2) is 53.0 Å². The van der Waals surface area contributed by atoms with Crippen molar-refractivity contribution in [1.29, 1.82) is 0 Å². The largest absolute Gasteiger partial charge is 0.508 e. The molecule has 2 aromatic carbocycles. The monoisotopic (exact) mass is 416 g/mol. The number of rotatable bonds is 3. The van der Waals surface area contributed by atoms with E-state index in [1.807, 2.05) is 30.3 Å². The number of para-hydroxylation sites is 1. The molecule has 1 aliphatic rings. The first kappa shape index (κ1) is 21.2. The second-order valence-corrected chi connectivity index (χ2v) is 10.6. The third-order valence-electron chi connectivity index (χ3n) is 5.92. The summed E-state index contributed by atoms with van der Waals surface area (Å²) in [6.07, 6.45) is 3.76. The molecule has 31 heavy (non-hydrogen) atoms. The van der Waals surface area contributed by atoms with E-state index in [9.17, 15) is 9.90 Å². The highest BCUT2D eigenvalue weighted by Crippen LogP contribution is 2.42. The van der Waals surface area contributed by atoms with Crippen LogP contribution in [0, 0.1) is 0 Å². The Labute approximate surface area is 184 Å². The molecule has 0 radical (unpaired) electrons. The molecule has 0 unspecified atom stereocenters. The number of allylic oxidation sites excluding steroid dienone is 1. The Kier molecular flexibility index (Phi) is 5.00. The molecule has 0 bridgehead atoms. The van der Waals surface area contributed by atoms with Crippen LogP contribution in [0.25, 0.3) is 16.6 Å². The smallest absolute Gasteiger partial charge is 0.198 e. The number of fused-ring (bicyclic) bond motifs is 1. The number of benzene rings is 2. The van der Waals surface area contributed by atoms with Crippen LogP contribution in [0.4, 0.5) is 5.69 Å². The molecule has 0 saturated heterocycles. The van der Waals surface area contributed by atoms with E-state index in [1.165, 1.54) is 5.57 Å². The average Bonchev–Trinajstić information content (AvgIpc) is 3.50. The van der Waals surface area contributed by atoms with Crippen molar-refractivity contribution in [2.24, 2.45) is 0 Å². The fourth-order valence-electron chi connectivity index (χ4n) is 4.06. The standard InChI is InChI=1S/C27H32N2O2/c1-26(2,3)19-13-20(27(4,5)6)23(30)14-22(19)29-24(16-11-12-16)18-15-28-21-10-8-7-9-17(21)25(18)31/h7-10,13-15,29-30H,11-12H2,1-6H3,(H,28,31). The Morgan fingerprint density at radius 1 is 0.968 bits per heavy atom. The summed E-state index contributed by atoms with van der Waals surface area (Å²) in [5, 5.41) is 15.1. The van der Waals surface area contributed by atoms with Crippen LogP contribution in [0.5, 0.6) is 5.75 Å². The van der Waals surface area contributed by atoms with Gasteiger partial charge in [0.05, 0.1) is 11.3 Å². The number of pyridine rings is 1. The van der Waals surface area contributed by atoms with Crippen LogP contribution in [-0.4, -0.2) is 10.1 Å². The van der Waals surface area contributed by atoms with E-state index in [4.69, 9.17) is 0 Å². The summed E-state index contributed by atoms with van der Waals surface area (Å²) in [6.45, 7) is 12.8. The molecule has 0 aliphatic heterocycles. The molecule has 3 aromatic rings. The summed E-state index contributed by atoms with van der Waals surface area (Å²) < 4.78 is 0. The minimum Gasteiger partial charge on any atom is -0.508 e. The Morgan fingerprint density at radius 2 is 1.61 bits per heavy atom. The van der Waals surface area contributed by atoms with Crippen molar-refractivity contribution >= 4 is 22.3 Å². The predicted octanol–water partition coefficient (Wildman–Crippen LogP) is 6.45. The molecular weight excluding hydrogens is 384 g/mol. The first-order valence-corrected chi connectivity index (χ1v) is 10.9. The van der Waals surface area contributed by atoms with Gasteiger partial charge in [0.15, 0.2) is 5.43 Å². The molecular formula is C27H32N2O2. The highest BCUT2D eigenvalue weighted by Gasteiger charge is 2.28. The molecule has 4 rings (SSSR count). The van der Waals surface area contributed by atoms with Gasteiger partial charge in [-0.05, 0) is 58.6 Å². The highest BCUT2D eigenvalue weighted by atomic mass is 16.3. The van der Waals surface area contributed by atoms with E-state index in [2.05, 4.69) is 57.9 Å². The lowest BCUT2D eigenvalue weighted by Gasteiger charge is -2.29. The fraction of sp³-hybridized carbons (Fsp3) is 0.370. The van der Waals surface area contributed by atoms with Crippen LogP contribution < -0.4 is 10.7 Å². The van der Waals surface area contributed by atoms with Gasteiger partial charge in [-0.25, -0.2) is 0 Å². The number of anilines is 1. The Bertz CT molecular complexity index is 1240. The average molecular weight is 417 g/mol. The number of hydrogen-bond donors (Lipinski definition) is 3. The molecule has 1 heterocycles. The van der Waals surface area contributed by atoms with Crippen molar-refractivity contribution in [2.75, 3.05) is 5.32 Å². The van der Waals surface area contributed by atoms with Gasteiger partial charge in [-0.3, -0.25) is 4.79 Å². The number of aromatic nitrogens is 1. The molecule has 4 heteroatoms. The quantitative estimate of drug-likeness (QED) is 0.460. The number of aromatic amines is 1. The zero-order valence-electron chi connectivity index (χ0n) is 19.3. The summed E-state index contributed by atoms with van der Waals surface area (Å²) in [5.41, 5.74) is 6.17. The number of aromatic hydroxyl groups is 1. The van der Waals surface area contributed by atoms with Gasteiger partial charge < -0.3 is 15.4 Å². The van der Waals surface area contributed by atoms with Gasteiger partial charge in [0, 0.05) is 28.9 Å². The minimum absolute atomic E-state index is 0.0177. The number of phenolic OH excluding ortho intramolecular Hbond substituents is 1. The first-order valence-electron chi connectivity index (χ1n) is 10.9. The number of hydrogen-bond acceptors (Lipinski definition) is 3. The summed E-state index contributed by atoms with van der Waals surface area (Å²) in [7, 11) is 0. The Hall–Kier alpha value is -3.01. The third-order valence-corrected chi connectivity index (χ3v) is 5.92. The van der Waals surface area contributed by atoms with Crippen LogP contribution in [0.3, 0.4) is 0 Å². The Balaban J connectivity index is 1.86. The van der Waals surface area contributed by atoms with Crippen LogP contribution in [0.2, 0.25) is 0 Å². The van der Waals surface area contributed by atoms with Gasteiger partial charge in [0.2, 0.25) is 0 Å². The van der Waals surface area contributed by atoms with Crippen molar-refractivity contribution < 1.29 is 5.11 Å². The molecule has 162 valence electrons. The maximum absolute atomic E-state index is 13.3. The second-order valence-electron chi connectivity index (χ2n) is 10.6. The minimum atomic E-state index is -0.171. The van der Waals surface area contributed by atoms with E-state index in [1.54, 1.807) is 6.20 Å². The first-order chi connectivity index (χ1) is 14.5. The molecule has 0 spiro atoms. The van der Waals surface area contributed by atoms with Gasteiger partial charge in [-0.15, -0.1) is 0 Å². The van der Waals surface area contributed by atoms with E-state index in [0.717, 1.165) is 40.9 Å². The van der Waals surface area contributed by atoms with Crippen molar-refractivity contribution in [2.45, 2.75) is 65.2 Å². The van der Waals surface area contributed by atoms with Crippen molar-refractivity contribution in [3.63, 3.8) is 0 Å². The normalized spacial score (nSPS) is 14.1. The molecule has 1 aromatic heterocycles. The SMILES string of the molecule is CC(C)(C)c1cc(C(C)(C)C)c(NC(=C2CC2)c2c[nH]c3ccccc3c2=O)cc1O. The lowest BCUT2D eigenvalue weighted by atomic mass is 9.79. The summed E-state index contributed by atoms with van der Waals surface area (Å²) in [4.78, 5) is 16.6. The zero-order chi connectivity index (χ0) is 22.6. The van der Waals surface area contributed by atoms with Gasteiger partial charge in [0.1, 0.15) is 5.75 Å². The summed E-state index contributed by atoms with van der Waals surface area (Å²) >= 11 is 0. The van der Waals surface area contributed by atoms with E-state index in [0.29, 0.717) is 10.9 Å². The third kappa shape index (κ3) is 4.12. The topological polar surface area (TPSA) is 65.1 Å². The van der Waals surface area contributed by atoms with Gasteiger partial charge in [0.25, 0.3) is 0 Å².